The highest BCUT2D eigenvalue weighted by Gasteiger charge is 1.98. The van der Waals surface area contributed by atoms with Gasteiger partial charge >= 0.3 is 0 Å². The van der Waals surface area contributed by atoms with Crippen LogP contribution in [0.25, 0.3) is 0 Å². The Morgan fingerprint density at radius 1 is 1.44 bits per heavy atom. The Kier molecular flexibility index (Phi) is 7.26. The lowest BCUT2D eigenvalue weighted by atomic mass is 10.3. The summed E-state index contributed by atoms with van der Waals surface area (Å²) >= 11 is 0. The minimum atomic E-state index is 0.0399. The van der Waals surface area contributed by atoms with E-state index in [1.165, 1.54) is 25.3 Å². The summed E-state index contributed by atoms with van der Waals surface area (Å²) in [5.41, 5.74) is 0. The Morgan fingerprint density at radius 2 is 2.11 bits per heavy atom. The SMILES string of the molecule is CCCCC[Si](C)[Si][Si]. The van der Waals surface area contributed by atoms with Crippen LogP contribution >= 0.6 is 0 Å². The molecule has 0 nitrogen and oxygen atoms in total. The molecule has 0 aliphatic rings. The normalized spacial score (nSPS) is 10.7. The fraction of sp³-hybridized carbons (Fsp3) is 1.00. The van der Waals surface area contributed by atoms with Gasteiger partial charge < -0.3 is 0 Å². The van der Waals surface area contributed by atoms with Gasteiger partial charge in [-0.05, 0) is 0 Å². The predicted octanol–water partition coefficient (Wildman–Crippen LogP) is 1.59. The van der Waals surface area contributed by atoms with Crippen molar-refractivity contribution in [1.82, 2.24) is 0 Å². The average molecular weight is 170 g/mol. The third-order valence-corrected chi connectivity index (χ3v) is 8.77. The molecule has 0 aromatic carbocycles. The molecule has 3 heteroatoms. The predicted molar refractivity (Wildman–Crippen MR) is 47.5 cm³/mol. The first kappa shape index (κ1) is 9.65. The number of rotatable bonds is 5. The Labute approximate surface area is 65.9 Å². The van der Waals surface area contributed by atoms with Crippen LogP contribution in [0.4, 0.5) is 0 Å². The van der Waals surface area contributed by atoms with Crippen LogP contribution in [0.3, 0.4) is 0 Å². The van der Waals surface area contributed by atoms with E-state index in [4.69, 9.17) is 0 Å². The van der Waals surface area contributed by atoms with Crippen LogP contribution in [0.1, 0.15) is 26.2 Å². The molecule has 0 heterocycles. The maximum atomic E-state index is 3.58. The van der Waals surface area contributed by atoms with E-state index >= 15 is 0 Å². The van der Waals surface area contributed by atoms with Gasteiger partial charge in [0.2, 0.25) is 0 Å². The second-order valence-electron chi connectivity index (χ2n) is 2.36. The van der Waals surface area contributed by atoms with Crippen LogP contribution in [-0.2, 0) is 0 Å². The first-order valence-corrected chi connectivity index (χ1v) is 9.27. The van der Waals surface area contributed by atoms with Crippen LogP contribution in [-0.4, -0.2) is 26.6 Å². The highest BCUT2D eigenvalue weighted by Crippen LogP contribution is 2.01. The zero-order chi connectivity index (χ0) is 7.11. The smallest absolute Gasteiger partial charge is 0.0271 e. The van der Waals surface area contributed by atoms with Crippen molar-refractivity contribution in [2.45, 2.75) is 38.8 Å². The molecule has 0 N–H and O–H groups in total. The molecular formula is C6H14Si3. The molecule has 0 aromatic heterocycles. The van der Waals surface area contributed by atoms with E-state index in [1.54, 1.807) is 0 Å². The van der Waals surface area contributed by atoms with Crippen molar-refractivity contribution < 1.29 is 0 Å². The first-order valence-electron chi connectivity index (χ1n) is 3.56. The maximum Gasteiger partial charge on any atom is 0.0271 e. The second-order valence-corrected chi connectivity index (χ2v) is 10.2. The van der Waals surface area contributed by atoms with Crippen molar-refractivity contribution >= 4 is 26.6 Å². The Bertz CT molecular complexity index is 56.3. The Hall–Kier alpha value is 0.651. The van der Waals surface area contributed by atoms with Gasteiger partial charge in [0.25, 0.3) is 0 Å². The van der Waals surface area contributed by atoms with Crippen molar-refractivity contribution in [3.8, 4) is 0 Å². The summed E-state index contributed by atoms with van der Waals surface area (Å²) in [4.78, 5) is 0. The second kappa shape index (κ2) is 6.77. The van der Waals surface area contributed by atoms with Crippen molar-refractivity contribution in [1.29, 1.82) is 0 Å². The van der Waals surface area contributed by atoms with Crippen LogP contribution in [0.5, 0.6) is 0 Å². The monoisotopic (exact) mass is 170 g/mol. The molecule has 0 rings (SSSR count). The minimum absolute atomic E-state index is 0.0399. The van der Waals surface area contributed by atoms with Gasteiger partial charge in [0.15, 0.2) is 0 Å². The highest BCUT2D eigenvalue weighted by atomic mass is 29.5. The molecular weight excluding hydrogens is 156 g/mol. The van der Waals surface area contributed by atoms with Gasteiger partial charge in [-0.3, -0.25) is 0 Å². The van der Waals surface area contributed by atoms with Crippen molar-refractivity contribution in [3.63, 3.8) is 0 Å². The lowest BCUT2D eigenvalue weighted by Crippen LogP contribution is -2.17. The summed E-state index contributed by atoms with van der Waals surface area (Å²) in [5.74, 6) is 0. The van der Waals surface area contributed by atoms with E-state index in [9.17, 15) is 0 Å². The fourth-order valence-electron chi connectivity index (χ4n) is 0.703. The van der Waals surface area contributed by atoms with Crippen molar-refractivity contribution in [3.05, 3.63) is 0 Å². The summed E-state index contributed by atoms with van der Waals surface area (Å²) in [5, 5.41) is 0. The van der Waals surface area contributed by atoms with Crippen molar-refractivity contribution in [2.75, 3.05) is 0 Å². The van der Waals surface area contributed by atoms with E-state index in [2.05, 4.69) is 23.2 Å². The van der Waals surface area contributed by atoms with E-state index in [1.807, 2.05) is 0 Å². The third kappa shape index (κ3) is 6.54. The molecule has 0 bridgehead atoms. The molecule has 0 aliphatic heterocycles. The van der Waals surface area contributed by atoms with E-state index in [-0.39, 0.29) is 8.31 Å². The topological polar surface area (TPSA) is 0 Å². The van der Waals surface area contributed by atoms with Gasteiger partial charge in [0.1, 0.15) is 0 Å². The van der Waals surface area contributed by atoms with E-state index in [0.29, 0.717) is 0 Å². The summed E-state index contributed by atoms with van der Waals surface area (Å²) in [6.45, 7) is 4.67. The van der Waals surface area contributed by atoms with Crippen LogP contribution < -0.4 is 0 Å². The lowest BCUT2D eigenvalue weighted by Gasteiger charge is -2.02. The molecule has 0 atom stereocenters. The number of hydrogen-bond acceptors (Lipinski definition) is 0. The maximum absolute atomic E-state index is 3.58. The van der Waals surface area contributed by atoms with Gasteiger partial charge in [-0.15, -0.1) is 0 Å². The Balaban J connectivity index is 2.88. The summed E-state index contributed by atoms with van der Waals surface area (Å²) in [7, 11) is 4.67. The van der Waals surface area contributed by atoms with Crippen LogP contribution in [0.2, 0.25) is 12.6 Å². The van der Waals surface area contributed by atoms with E-state index in [0.717, 1.165) is 8.55 Å². The fourth-order valence-corrected chi connectivity index (χ4v) is 3.64. The van der Waals surface area contributed by atoms with Gasteiger partial charge in [-0.1, -0.05) is 38.8 Å². The quantitative estimate of drug-likeness (QED) is 0.434. The number of unbranched alkanes of at least 4 members (excludes halogenated alkanes) is 2. The standard InChI is InChI=1S/C6H14Si3/c1-3-4-5-6-9(2)8-7/h3-6H2,1-2H3. The molecule has 50 valence electrons. The Morgan fingerprint density at radius 3 is 2.56 bits per heavy atom. The largest absolute Gasteiger partial charge is 0.0738 e. The lowest BCUT2D eigenvalue weighted by molar-refractivity contribution is 0.768. The molecule has 0 aliphatic carbocycles. The number of hydrogen-bond donors (Lipinski definition) is 0. The van der Waals surface area contributed by atoms with Crippen LogP contribution in [0, 0.1) is 0 Å². The third-order valence-electron chi connectivity index (χ3n) is 1.37. The molecule has 0 saturated carbocycles. The summed E-state index contributed by atoms with van der Waals surface area (Å²) in [6.07, 6.45) is 4.25. The molecule has 6 radical (unpaired) electrons. The van der Waals surface area contributed by atoms with Gasteiger partial charge in [0, 0.05) is 26.6 Å². The summed E-state index contributed by atoms with van der Waals surface area (Å²) in [6, 6.07) is 1.50. The van der Waals surface area contributed by atoms with Gasteiger partial charge in [0.05, 0.1) is 0 Å². The molecule has 0 spiro atoms. The van der Waals surface area contributed by atoms with E-state index < -0.39 is 0 Å². The van der Waals surface area contributed by atoms with Gasteiger partial charge in [-0.25, -0.2) is 0 Å². The molecule has 0 amide bonds. The van der Waals surface area contributed by atoms with Gasteiger partial charge in [-0.2, -0.15) is 0 Å². The molecule has 0 saturated heterocycles. The minimum Gasteiger partial charge on any atom is -0.0738 e. The first-order chi connectivity index (χ1) is 4.31. The van der Waals surface area contributed by atoms with Crippen LogP contribution in [0.15, 0.2) is 0 Å². The molecule has 0 fully saturated rings. The highest BCUT2D eigenvalue weighted by molar-refractivity contribution is 7.31. The summed E-state index contributed by atoms with van der Waals surface area (Å²) < 4.78 is 0. The molecule has 0 aromatic rings. The van der Waals surface area contributed by atoms with Crippen molar-refractivity contribution in [2.24, 2.45) is 0 Å². The average Bonchev–Trinajstić information content (AvgIpc) is 1.89. The zero-order valence-corrected chi connectivity index (χ0v) is 9.33. The molecule has 9 heavy (non-hydrogen) atoms. The molecule has 0 unspecified atom stereocenters. The zero-order valence-electron chi connectivity index (χ0n) is 6.33.